The summed E-state index contributed by atoms with van der Waals surface area (Å²) in [5, 5.41) is 22.8. The molecule has 32 heavy (non-hydrogen) atoms. The van der Waals surface area contributed by atoms with Crippen molar-refractivity contribution in [2.45, 2.75) is 23.5 Å². The Morgan fingerprint density at radius 3 is 2.47 bits per heavy atom. The van der Waals surface area contributed by atoms with Gasteiger partial charge in [-0.15, -0.1) is 11.8 Å². The largest absolute Gasteiger partial charge is 0.508 e. The number of para-hydroxylation sites is 1. The summed E-state index contributed by atoms with van der Waals surface area (Å²) in [4.78, 5) is 13.8. The predicted octanol–water partition coefficient (Wildman–Crippen LogP) is 6.00. The summed E-state index contributed by atoms with van der Waals surface area (Å²) in [6.45, 7) is -0.191. The van der Waals surface area contributed by atoms with Gasteiger partial charge in [0.2, 0.25) is 0 Å². The lowest BCUT2D eigenvalue weighted by atomic mass is 10.0. The number of carbonyl (C=O) groups excluding carboxylic acids is 1. The third-order valence-corrected chi connectivity index (χ3v) is 5.89. The maximum Gasteiger partial charge on any atom is 0.412 e. The van der Waals surface area contributed by atoms with Crippen LogP contribution in [0.25, 0.3) is 0 Å². The number of nitrogens with one attached hydrogen (secondary N) is 1. The number of aromatic hydroxyl groups is 1. The molecule has 6 nitrogen and oxygen atoms in total. The van der Waals surface area contributed by atoms with Crippen LogP contribution in [-0.4, -0.2) is 35.3 Å². The Balaban J connectivity index is 1.87. The van der Waals surface area contributed by atoms with Gasteiger partial charge >= 0.3 is 6.09 Å². The van der Waals surface area contributed by atoms with Gasteiger partial charge in [0.1, 0.15) is 17.6 Å². The normalized spacial score (nSPS) is 12.6. The van der Waals surface area contributed by atoms with Gasteiger partial charge in [0.05, 0.1) is 0 Å². The van der Waals surface area contributed by atoms with Gasteiger partial charge in [0.15, 0.2) is 6.10 Å². The molecule has 8 heteroatoms. The summed E-state index contributed by atoms with van der Waals surface area (Å²) in [5.74, 6) is 0.511. The number of thioether (sulfide) groups is 1. The lowest BCUT2D eigenvalue weighted by molar-refractivity contribution is 0.00797. The second-order valence-corrected chi connectivity index (χ2v) is 8.66. The van der Waals surface area contributed by atoms with Crippen LogP contribution in [0.5, 0.6) is 11.5 Å². The second-order valence-electron chi connectivity index (χ2n) is 6.86. The van der Waals surface area contributed by atoms with E-state index in [9.17, 15) is 15.0 Å². The van der Waals surface area contributed by atoms with E-state index >= 15 is 0 Å². The van der Waals surface area contributed by atoms with Gasteiger partial charge in [-0.25, -0.2) is 4.79 Å². The molecule has 3 aromatic carbocycles. The minimum absolute atomic E-state index is 0.0464. The fraction of sp³-hybridized carbons (Fsp3) is 0.208. The molecule has 0 saturated carbocycles. The first-order chi connectivity index (χ1) is 15.5. The molecule has 0 spiro atoms. The molecule has 0 radical (unpaired) electrons. The van der Waals surface area contributed by atoms with Crippen molar-refractivity contribution < 1.29 is 24.5 Å². The predicted molar refractivity (Wildman–Crippen MR) is 129 cm³/mol. The van der Waals surface area contributed by atoms with Crippen molar-refractivity contribution >= 4 is 39.5 Å². The molecule has 0 aliphatic carbocycles. The van der Waals surface area contributed by atoms with Crippen molar-refractivity contribution in [2.75, 3.05) is 18.2 Å². The van der Waals surface area contributed by atoms with Gasteiger partial charge in [0.25, 0.3) is 0 Å². The lowest BCUT2D eigenvalue weighted by Gasteiger charge is -2.28. The number of aliphatic hydroxyl groups is 1. The molecule has 0 aliphatic rings. The Morgan fingerprint density at radius 2 is 1.81 bits per heavy atom. The number of carbonyl (C=O) groups is 1. The molecule has 168 valence electrons. The number of rotatable bonds is 9. The first-order valence-electron chi connectivity index (χ1n) is 9.93. The van der Waals surface area contributed by atoms with Crippen molar-refractivity contribution in [2.24, 2.45) is 0 Å². The standard InChI is InChI=1S/C24H24BrNO5S/c1-32-19-10-8-17(9-11-19)26-24(29)31-23(20-15-16(25)7-12-21(20)28)22(13-14-27)30-18-5-3-2-4-6-18/h2-12,15,22-23,27-28H,13-14H2,1H3,(H,26,29)/t22-,23-/m0/s1. The Bertz CT molecular complexity index is 1020. The van der Waals surface area contributed by atoms with Gasteiger partial charge in [-0.2, -0.15) is 0 Å². The van der Waals surface area contributed by atoms with Gasteiger partial charge in [-0.3, -0.25) is 5.32 Å². The molecule has 0 saturated heterocycles. The SMILES string of the molecule is CSc1ccc(NC(=O)O[C@@H](c2cc(Br)ccc2O)[C@H](CCO)Oc2ccccc2)cc1. The van der Waals surface area contributed by atoms with E-state index in [2.05, 4.69) is 21.2 Å². The van der Waals surface area contributed by atoms with Crippen LogP contribution in [0.2, 0.25) is 0 Å². The Morgan fingerprint density at radius 1 is 1.09 bits per heavy atom. The summed E-state index contributed by atoms with van der Waals surface area (Å²) < 4.78 is 12.5. The van der Waals surface area contributed by atoms with Crippen molar-refractivity contribution in [3.05, 3.63) is 82.8 Å². The fourth-order valence-corrected chi connectivity index (χ4v) is 3.89. The monoisotopic (exact) mass is 517 g/mol. The highest BCUT2D eigenvalue weighted by molar-refractivity contribution is 9.10. The third-order valence-electron chi connectivity index (χ3n) is 4.65. The van der Waals surface area contributed by atoms with Crippen molar-refractivity contribution in [1.29, 1.82) is 0 Å². The van der Waals surface area contributed by atoms with Gasteiger partial charge in [0, 0.05) is 33.6 Å². The second kappa shape index (κ2) is 11.8. The van der Waals surface area contributed by atoms with E-state index < -0.39 is 18.3 Å². The first kappa shape index (κ1) is 24.0. The molecule has 0 heterocycles. The number of benzene rings is 3. The van der Waals surface area contributed by atoms with E-state index in [4.69, 9.17) is 9.47 Å². The van der Waals surface area contributed by atoms with Crippen molar-refractivity contribution in [3.63, 3.8) is 0 Å². The minimum Gasteiger partial charge on any atom is -0.508 e. The summed E-state index contributed by atoms with van der Waals surface area (Å²) in [5.41, 5.74) is 0.939. The van der Waals surface area contributed by atoms with Crippen LogP contribution in [0.1, 0.15) is 18.1 Å². The Labute approximate surface area is 199 Å². The molecule has 0 unspecified atom stereocenters. The highest BCUT2D eigenvalue weighted by Crippen LogP contribution is 2.35. The molecule has 0 bridgehead atoms. The summed E-state index contributed by atoms with van der Waals surface area (Å²) >= 11 is 4.99. The Kier molecular flexibility index (Phi) is 8.84. The summed E-state index contributed by atoms with van der Waals surface area (Å²) in [7, 11) is 0. The van der Waals surface area contributed by atoms with Crippen molar-refractivity contribution in [1.82, 2.24) is 0 Å². The zero-order chi connectivity index (χ0) is 22.9. The van der Waals surface area contributed by atoms with Gasteiger partial charge in [-0.1, -0.05) is 34.1 Å². The molecule has 0 aliphatic heterocycles. The average molecular weight is 518 g/mol. The minimum atomic E-state index is -0.981. The zero-order valence-corrected chi connectivity index (χ0v) is 19.8. The highest BCUT2D eigenvalue weighted by atomic mass is 79.9. The van der Waals surface area contributed by atoms with Crippen LogP contribution in [-0.2, 0) is 4.74 Å². The number of hydrogen-bond donors (Lipinski definition) is 3. The maximum atomic E-state index is 12.8. The van der Waals surface area contributed by atoms with Crippen LogP contribution in [0.4, 0.5) is 10.5 Å². The molecule has 3 rings (SSSR count). The van der Waals surface area contributed by atoms with Crippen LogP contribution in [0.3, 0.4) is 0 Å². The fourth-order valence-electron chi connectivity index (χ4n) is 3.10. The van der Waals surface area contributed by atoms with E-state index in [1.807, 2.05) is 36.6 Å². The van der Waals surface area contributed by atoms with Crippen molar-refractivity contribution in [3.8, 4) is 11.5 Å². The van der Waals surface area contributed by atoms with Crippen LogP contribution < -0.4 is 10.1 Å². The molecule has 0 aromatic heterocycles. The quantitative estimate of drug-likeness (QED) is 0.302. The molecule has 1 amide bonds. The van der Waals surface area contributed by atoms with E-state index in [-0.39, 0.29) is 18.8 Å². The lowest BCUT2D eigenvalue weighted by Crippen LogP contribution is -2.32. The molecule has 3 aromatic rings. The third kappa shape index (κ3) is 6.66. The smallest absolute Gasteiger partial charge is 0.412 e. The van der Waals surface area contributed by atoms with E-state index in [0.29, 0.717) is 21.5 Å². The number of anilines is 1. The summed E-state index contributed by atoms with van der Waals surface area (Å²) in [6.07, 6.45) is -0.274. The number of phenols is 1. The average Bonchev–Trinajstić information content (AvgIpc) is 2.80. The van der Waals surface area contributed by atoms with E-state index in [1.54, 1.807) is 48.2 Å². The van der Waals surface area contributed by atoms with E-state index in [0.717, 1.165) is 4.90 Å². The molecular weight excluding hydrogens is 494 g/mol. The number of hydrogen-bond acceptors (Lipinski definition) is 6. The van der Waals surface area contributed by atoms with Gasteiger partial charge < -0.3 is 19.7 Å². The maximum absolute atomic E-state index is 12.8. The number of amides is 1. The van der Waals surface area contributed by atoms with Gasteiger partial charge in [-0.05, 0) is 60.9 Å². The first-order valence-corrected chi connectivity index (χ1v) is 11.9. The van der Waals surface area contributed by atoms with Crippen LogP contribution in [0, 0.1) is 0 Å². The zero-order valence-electron chi connectivity index (χ0n) is 17.4. The summed E-state index contributed by atoms with van der Waals surface area (Å²) in [6, 6.07) is 21.3. The number of aliphatic hydroxyl groups excluding tert-OH is 1. The molecule has 0 fully saturated rings. The highest BCUT2D eigenvalue weighted by Gasteiger charge is 2.31. The topological polar surface area (TPSA) is 88.0 Å². The number of phenolic OH excluding ortho intramolecular Hbond substituents is 1. The van der Waals surface area contributed by atoms with E-state index in [1.165, 1.54) is 6.07 Å². The Hall–Kier alpha value is -2.68. The number of ether oxygens (including phenoxy) is 2. The molecule has 2 atom stereocenters. The molecule has 3 N–H and O–H groups in total. The number of halogens is 1. The molecular formula is C24H24BrNO5S. The van der Waals surface area contributed by atoms with Crippen LogP contribution in [0.15, 0.2) is 82.2 Å². The van der Waals surface area contributed by atoms with Crippen LogP contribution >= 0.6 is 27.7 Å².